The fraction of sp³-hybridized carbons (Fsp3) is 0.632. The topological polar surface area (TPSA) is 68.8 Å². The van der Waals surface area contributed by atoms with Crippen molar-refractivity contribution in [2.75, 3.05) is 34.4 Å². The normalized spacial score (nSPS) is 14.7. The number of halogens is 1. The van der Waals surface area contributed by atoms with E-state index in [1.807, 2.05) is 0 Å². The molecule has 0 aliphatic heterocycles. The fourth-order valence-electron chi connectivity index (χ4n) is 3.25. The van der Waals surface area contributed by atoms with Gasteiger partial charge in [-0.15, -0.1) is 12.4 Å². The van der Waals surface area contributed by atoms with Crippen molar-refractivity contribution in [2.24, 2.45) is 0 Å². The number of amides is 1. The van der Waals surface area contributed by atoms with E-state index in [9.17, 15) is 4.79 Å². The summed E-state index contributed by atoms with van der Waals surface area (Å²) in [6.45, 7) is 1.37. The van der Waals surface area contributed by atoms with Crippen molar-refractivity contribution in [3.8, 4) is 17.2 Å². The van der Waals surface area contributed by atoms with Gasteiger partial charge in [-0.3, -0.25) is 4.79 Å². The molecule has 1 aromatic carbocycles. The van der Waals surface area contributed by atoms with Crippen LogP contribution in [0.2, 0.25) is 0 Å². The maximum absolute atomic E-state index is 12.4. The highest BCUT2D eigenvalue weighted by Gasteiger charge is 2.17. The zero-order valence-corrected chi connectivity index (χ0v) is 16.7. The van der Waals surface area contributed by atoms with Crippen molar-refractivity contribution in [1.82, 2.24) is 10.6 Å². The molecule has 0 heterocycles. The maximum atomic E-state index is 12.4. The minimum absolute atomic E-state index is 0. The summed E-state index contributed by atoms with van der Waals surface area (Å²) in [6.07, 6.45) is 7.76. The fourth-order valence-corrected chi connectivity index (χ4v) is 3.25. The van der Waals surface area contributed by atoms with E-state index in [-0.39, 0.29) is 18.3 Å². The van der Waals surface area contributed by atoms with Crippen LogP contribution in [0.3, 0.4) is 0 Å². The summed E-state index contributed by atoms with van der Waals surface area (Å²) in [5, 5.41) is 6.49. The Labute approximate surface area is 162 Å². The number of hydrogen-bond donors (Lipinski definition) is 2. The Morgan fingerprint density at radius 3 is 2.04 bits per heavy atom. The van der Waals surface area contributed by atoms with Crippen LogP contribution in [0.5, 0.6) is 17.2 Å². The predicted molar refractivity (Wildman–Crippen MR) is 105 cm³/mol. The smallest absolute Gasteiger partial charge is 0.251 e. The van der Waals surface area contributed by atoms with Gasteiger partial charge in [-0.05, 0) is 25.0 Å². The molecular weight excluding hydrogens is 356 g/mol. The third kappa shape index (κ3) is 6.25. The van der Waals surface area contributed by atoms with Gasteiger partial charge in [-0.1, -0.05) is 25.7 Å². The molecule has 0 aromatic heterocycles. The number of hydrogen-bond acceptors (Lipinski definition) is 5. The summed E-state index contributed by atoms with van der Waals surface area (Å²) in [7, 11) is 4.62. The van der Waals surface area contributed by atoms with Crippen molar-refractivity contribution in [1.29, 1.82) is 0 Å². The van der Waals surface area contributed by atoms with Crippen molar-refractivity contribution in [3.63, 3.8) is 0 Å². The van der Waals surface area contributed by atoms with E-state index >= 15 is 0 Å². The molecule has 2 rings (SSSR count). The molecule has 0 saturated heterocycles. The second kappa shape index (κ2) is 11.9. The number of carbonyl (C=O) groups is 1. The van der Waals surface area contributed by atoms with Gasteiger partial charge in [-0.2, -0.15) is 0 Å². The third-order valence-corrected chi connectivity index (χ3v) is 4.63. The molecule has 0 unspecified atom stereocenters. The minimum atomic E-state index is -0.151. The van der Waals surface area contributed by atoms with E-state index in [2.05, 4.69) is 10.6 Å². The number of carbonyl (C=O) groups excluding carboxylic acids is 1. The van der Waals surface area contributed by atoms with Gasteiger partial charge in [0.2, 0.25) is 5.75 Å². The summed E-state index contributed by atoms with van der Waals surface area (Å²) >= 11 is 0. The van der Waals surface area contributed by atoms with Crippen LogP contribution in [0, 0.1) is 0 Å². The van der Waals surface area contributed by atoms with Gasteiger partial charge in [0.15, 0.2) is 11.5 Å². The molecule has 148 valence electrons. The third-order valence-electron chi connectivity index (χ3n) is 4.63. The quantitative estimate of drug-likeness (QED) is 0.530. The number of ether oxygens (including phenoxy) is 3. The van der Waals surface area contributed by atoms with Gasteiger partial charge in [0.25, 0.3) is 5.91 Å². The number of methoxy groups -OCH3 is 3. The summed E-state index contributed by atoms with van der Waals surface area (Å²) in [4.78, 5) is 12.4. The lowest BCUT2D eigenvalue weighted by Crippen LogP contribution is -2.36. The second-order valence-electron chi connectivity index (χ2n) is 6.31. The summed E-state index contributed by atoms with van der Waals surface area (Å²) in [5.74, 6) is 1.28. The summed E-state index contributed by atoms with van der Waals surface area (Å²) in [6, 6.07) is 3.91. The first-order valence-electron chi connectivity index (χ1n) is 9.01. The Hall–Kier alpha value is -1.66. The van der Waals surface area contributed by atoms with Gasteiger partial charge < -0.3 is 24.8 Å². The van der Waals surface area contributed by atoms with Gasteiger partial charge in [-0.25, -0.2) is 0 Å². The van der Waals surface area contributed by atoms with Crippen LogP contribution in [-0.2, 0) is 0 Å². The zero-order valence-electron chi connectivity index (χ0n) is 15.9. The first-order chi connectivity index (χ1) is 12.2. The first kappa shape index (κ1) is 22.4. The molecule has 1 aliphatic rings. The van der Waals surface area contributed by atoms with Gasteiger partial charge >= 0.3 is 0 Å². The van der Waals surface area contributed by atoms with E-state index in [0.717, 1.165) is 6.54 Å². The predicted octanol–water partition coefficient (Wildman–Crippen LogP) is 3.18. The molecule has 0 atom stereocenters. The van der Waals surface area contributed by atoms with Gasteiger partial charge in [0.05, 0.1) is 21.3 Å². The van der Waals surface area contributed by atoms with Crippen molar-refractivity contribution in [3.05, 3.63) is 17.7 Å². The lowest BCUT2D eigenvalue weighted by Gasteiger charge is -2.17. The second-order valence-corrected chi connectivity index (χ2v) is 6.31. The van der Waals surface area contributed by atoms with Crippen molar-refractivity contribution >= 4 is 18.3 Å². The molecule has 1 amide bonds. The molecule has 1 saturated carbocycles. The zero-order chi connectivity index (χ0) is 18.1. The highest BCUT2D eigenvalue weighted by atomic mass is 35.5. The lowest BCUT2D eigenvalue weighted by molar-refractivity contribution is 0.0952. The molecule has 0 bridgehead atoms. The van der Waals surface area contributed by atoms with Crippen LogP contribution in [0.1, 0.15) is 48.9 Å². The molecule has 2 N–H and O–H groups in total. The highest BCUT2D eigenvalue weighted by Crippen LogP contribution is 2.38. The first-order valence-corrected chi connectivity index (χ1v) is 9.01. The number of nitrogens with one attached hydrogen (secondary N) is 2. The standard InChI is InChI=1S/C19H30N2O4.ClH/c1-23-16-12-14(13-17(24-2)18(16)25-3)19(22)21-11-10-20-15-8-6-4-5-7-9-15;/h12-13,15,20H,4-11H2,1-3H3,(H,21,22);1H. The molecule has 26 heavy (non-hydrogen) atoms. The number of benzene rings is 1. The summed E-state index contributed by atoms with van der Waals surface area (Å²) in [5.41, 5.74) is 0.490. The maximum Gasteiger partial charge on any atom is 0.251 e. The van der Waals surface area contributed by atoms with Crippen LogP contribution < -0.4 is 24.8 Å². The average molecular weight is 387 g/mol. The van der Waals surface area contributed by atoms with Crippen molar-refractivity contribution in [2.45, 2.75) is 44.6 Å². The van der Waals surface area contributed by atoms with E-state index in [1.165, 1.54) is 52.7 Å². The van der Waals surface area contributed by atoms with Crippen LogP contribution in [0.4, 0.5) is 0 Å². The van der Waals surface area contributed by atoms with E-state index in [1.54, 1.807) is 19.2 Å². The van der Waals surface area contributed by atoms with Crippen LogP contribution in [-0.4, -0.2) is 46.4 Å². The number of rotatable bonds is 8. The summed E-state index contributed by atoms with van der Waals surface area (Å²) < 4.78 is 15.9. The molecule has 1 fully saturated rings. The minimum Gasteiger partial charge on any atom is -0.493 e. The lowest BCUT2D eigenvalue weighted by atomic mass is 10.1. The van der Waals surface area contributed by atoms with Crippen LogP contribution in [0.15, 0.2) is 12.1 Å². The molecule has 7 heteroatoms. The molecule has 6 nitrogen and oxygen atoms in total. The van der Waals surface area contributed by atoms with Gasteiger partial charge in [0.1, 0.15) is 0 Å². The van der Waals surface area contributed by atoms with E-state index in [4.69, 9.17) is 14.2 Å². The Morgan fingerprint density at radius 1 is 0.962 bits per heavy atom. The van der Waals surface area contributed by atoms with Crippen molar-refractivity contribution < 1.29 is 19.0 Å². The average Bonchev–Trinajstić information content (AvgIpc) is 2.92. The monoisotopic (exact) mass is 386 g/mol. The van der Waals surface area contributed by atoms with E-state index in [0.29, 0.717) is 35.4 Å². The van der Waals surface area contributed by atoms with Gasteiger partial charge in [0, 0.05) is 24.7 Å². The Kier molecular flexibility index (Phi) is 10.2. The van der Waals surface area contributed by atoms with Crippen LogP contribution >= 0.6 is 12.4 Å². The molecule has 1 aliphatic carbocycles. The molecular formula is C19H31ClN2O4. The van der Waals surface area contributed by atoms with E-state index < -0.39 is 0 Å². The Bertz CT molecular complexity index is 535. The Balaban J connectivity index is 0.00000338. The Morgan fingerprint density at radius 2 is 1.54 bits per heavy atom. The largest absolute Gasteiger partial charge is 0.493 e. The van der Waals surface area contributed by atoms with Crippen LogP contribution in [0.25, 0.3) is 0 Å². The molecule has 0 spiro atoms. The molecule has 0 radical (unpaired) electrons. The molecule has 1 aromatic rings. The highest BCUT2D eigenvalue weighted by molar-refractivity contribution is 5.95. The SMILES string of the molecule is COc1cc(C(=O)NCCNC2CCCCCC2)cc(OC)c1OC.Cl.